The molecule has 0 saturated heterocycles. The third-order valence-electron chi connectivity index (χ3n) is 2.92. The summed E-state index contributed by atoms with van der Waals surface area (Å²) in [6.45, 7) is 0. The summed E-state index contributed by atoms with van der Waals surface area (Å²) in [5.41, 5.74) is 1.53. The second-order valence-corrected chi connectivity index (χ2v) is 4.17. The number of hydrogen-bond donors (Lipinski definition) is 1. The van der Waals surface area contributed by atoms with Crippen molar-refractivity contribution in [2.75, 3.05) is 7.11 Å². The molecule has 5 nitrogen and oxygen atoms in total. The van der Waals surface area contributed by atoms with Gasteiger partial charge in [-0.05, 0) is 12.1 Å². The van der Waals surface area contributed by atoms with Gasteiger partial charge in [-0.1, -0.05) is 24.3 Å². The monoisotopic (exact) mass is 255 g/mol. The van der Waals surface area contributed by atoms with Crippen molar-refractivity contribution in [2.24, 2.45) is 0 Å². The van der Waals surface area contributed by atoms with Gasteiger partial charge in [-0.2, -0.15) is 4.52 Å². The Morgan fingerprint density at radius 3 is 2.79 bits per heavy atom. The third-order valence-corrected chi connectivity index (χ3v) is 2.92. The maximum Gasteiger partial charge on any atom is 0.216 e. The summed E-state index contributed by atoms with van der Waals surface area (Å²) in [4.78, 5) is 4.42. The highest BCUT2D eigenvalue weighted by Crippen LogP contribution is 2.19. The molecule has 1 aromatic carbocycles. The largest absolute Gasteiger partial charge is 0.508 e. The fourth-order valence-electron chi connectivity index (χ4n) is 1.99. The van der Waals surface area contributed by atoms with Crippen LogP contribution in [0.3, 0.4) is 0 Å². The molecule has 96 valence electrons. The van der Waals surface area contributed by atoms with E-state index in [1.165, 1.54) is 0 Å². The standard InChI is InChI=1S/C14H13N3O2/c1-19-14-8-4-7-13-15-12(16-17(13)14)9-10-5-2-3-6-11(10)18/h2-8,18H,9H2,1H3. The molecular weight excluding hydrogens is 242 g/mol. The minimum atomic E-state index is 0.258. The van der Waals surface area contributed by atoms with E-state index in [0.717, 1.165) is 11.2 Å². The van der Waals surface area contributed by atoms with E-state index in [4.69, 9.17) is 4.74 Å². The van der Waals surface area contributed by atoms with E-state index in [1.807, 2.05) is 30.3 Å². The van der Waals surface area contributed by atoms with Crippen LogP contribution in [0.15, 0.2) is 42.5 Å². The molecule has 0 bridgehead atoms. The highest BCUT2D eigenvalue weighted by molar-refractivity contribution is 5.42. The summed E-state index contributed by atoms with van der Waals surface area (Å²) in [6.07, 6.45) is 0.484. The normalized spacial score (nSPS) is 10.8. The number of hydrogen-bond acceptors (Lipinski definition) is 4. The van der Waals surface area contributed by atoms with E-state index in [2.05, 4.69) is 10.1 Å². The Morgan fingerprint density at radius 2 is 2.00 bits per heavy atom. The van der Waals surface area contributed by atoms with Crippen molar-refractivity contribution in [1.82, 2.24) is 14.6 Å². The predicted octanol–water partition coefficient (Wildman–Crippen LogP) is 2.03. The van der Waals surface area contributed by atoms with Gasteiger partial charge in [0.2, 0.25) is 5.88 Å². The molecule has 19 heavy (non-hydrogen) atoms. The Kier molecular flexibility index (Phi) is 2.79. The van der Waals surface area contributed by atoms with Crippen molar-refractivity contribution in [3.05, 3.63) is 53.9 Å². The molecule has 5 heteroatoms. The second kappa shape index (κ2) is 4.61. The zero-order valence-electron chi connectivity index (χ0n) is 10.4. The number of benzene rings is 1. The number of ether oxygens (including phenoxy) is 1. The maximum absolute atomic E-state index is 9.76. The molecule has 0 aliphatic carbocycles. The summed E-state index contributed by atoms with van der Waals surface area (Å²) in [7, 11) is 1.60. The van der Waals surface area contributed by atoms with Crippen LogP contribution in [0, 0.1) is 0 Å². The lowest BCUT2D eigenvalue weighted by Gasteiger charge is -2.00. The molecular formula is C14H13N3O2. The Morgan fingerprint density at radius 1 is 1.16 bits per heavy atom. The van der Waals surface area contributed by atoms with Crippen molar-refractivity contribution in [3.63, 3.8) is 0 Å². The first kappa shape index (κ1) is 11.5. The highest BCUT2D eigenvalue weighted by Gasteiger charge is 2.09. The Bertz CT molecular complexity index is 722. The molecule has 0 aliphatic heterocycles. The number of phenolic OH excluding ortho intramolecular Hbond substituents is 1. The average molecular weight is 255 g/mol. The number of para-hydroxylation sites is 1. The first-order chi connectivity index (χ1) is 9.28. The lowest BCUT2D eigenvalue weighted by molar-refractivity contribution is 0.385. The van der Waals surface area contributed by atoms with Crippen molar-refractivity contribution < 1.29 is 9.84 Å². The van der Waals surface area contributed by atoms with Crippen molar-refractivity contribution in [2.45, 2.75) is 6.42 Å². The molecule has 3 rings (SSSR count). The van der Waals surface area contributed by atoms with Gasteiger partial charge in [0.15, 0.2) is 11.5 Å². The number of fused-ring (bicyclic) bond motifs is 1. The molecule has 2 aromatic heterocycles. The highest BCUT2D eigenvalue weighted by atomic mass is 16.5. The average Bonchev–Trinajstić information content (AvgIpc) is 2.83. The van der Waals surface area contributed by atoms with Gasteiger partial charge in [0.05, 0.1) is 7.11 Å². The predicted molar refractivity (Wildman–Crippen MR) is 70.5 cm³/mol. The molecule has 0 saturated carbocycles. The van der Waals surface area contributed by atoms with Crippen molar-refractivity contribution in [3.8, 4) is 11.6 Å². The quantitative estimate of drug-likeness (QED) is 0.778. The summed E-state index contributed by atoms with van der Waals surface area (Å²) in [5.74, 6) is 1.54. The third kappa shape index (κ3) is 2.10. The minimum absolute atomic E-state index is 0.258. The summed E-state index contributed by atoms with van der Waals surface area (Å²) < 4.78 is 6.87. The number of aromatic hydroxyl groups is 1. The molecule has 0 fully saturated rings. The fourth-order valence-corrected chi connectivity index (χ4v) is 1.99. The lowest BCUT2D eigenvalue weighted by Crippen LogP contribution is -1.96. The first-order valence-corrected chi connectivity index (χ1v) is 5.93. The minimum Gasteiger partial charge on any atom is -0.508 e. The van der Waals surface area contributed by atoms with Crippen LogP contribution >= 0.6 is 0 Å². The molecule has 0 unspecified atom stereocenters. The summed E-state index contributed by atoms with van der Waals surface area (Å²) in [5, 5.41) is 14.1. The maximum atomic E-state index is 9.76. The number of nitrogens with zero attached hydrogens (tertiary/aromatic N) is 3. The molecule has 0 amide bonds. The number of phenols is 1. The van der Waals surface area contributed by atoms with E-state index >= 15 is 0 Å². The Hall–Kier alpha value is -2.56. The zero-order chi connectivity index (χ0) is 13.2. The van der Waals surface area contributed by atoms with Gasteiger partial charge in [-0.25, -0.2) is 4.98 Å². The Labute approximate surface area is 110 Å². The number of methoxy groups -OCH3 is 1. The lowest BCUT2D eigenvalue weighted by atomic mass is 10.1. The van der Waals surface area contributed by atoms with Gasteiger partial charge in [-0.3, -0.25) is 0 Å². The molecule has 2 heterocycles. The van der Waals surface area contributed by atoms with Crippen molar-refractivity contribution in [1.29, 1.82) is 0 Å². The Balaban J connectivity index is 2.00. The van der Waals surface area contributed by atoms with E-state index in [1.54, 1.807) is 23.8 Å². The number of rotatable bonds is 3. The molecule has 0 aliphatic rings. The van der Waals surface area contributed by atoms with Crippen LogP contribution in [0.1, 0.15) is 11.4 Å². The van der Waals surface area contributed by atoms with Crippen molar-refractivity contribution >= 4 is 5.65 Å². The first-order valence-electron chi connectivity index (χ1n) is 5.93. The van der Waals surface area contributed by atoms with E-state index in [-0.39, 0.29) is 5.75 Å². The number of pyridine rings is 1. The van der Waals surface area contributed by atoms with Crippen LogP contribution in [-0.4, -0.2) is 26.8 Å². The van der Waals surface area contributed by atoms with Gasteiger partial charge in [0.25, 0.3) is 0 Å². The van der Waals surface area contributed by atoms with Gasteiger partial charge in [0, 0.05) is 18.1 Å². The van der Waals surface area contributed by atoms with Crippen LogP contribution in [0.2, 0.25) is 0 Å². The van der Waals surface area contributed by atoms with Crippen LogP contribution in [0.25, 0.3) is 5.65 Å². The van der Waals surface area contributed by atoms with Gasteiger partial charge < -0.3 is 9.84 Å². The van der Waals surface area contributed by atoms with Gasteiger partial charge in [0.1, 0.15) is 5.75 Å². The molecule has 0 atom stereocenters. The molecule has 0 spiro atoms. The fraction of sp³-hybridized carbons (Fsp3) is 0.143. The van der Waals surface area contributed by atoms with E-state index < -0.39 is 0 Å². The number of aromatic nitrogens is 3. The van der Waals surface area contributed by atoms with Crippen LogP contribution in [0.5, 0.6) is 11.6 Å². The van der Waals surface area contributed by atoms with E-state index in [9.17, 15) is 5.11 Å². The van der Waals surface area contributed by atoms with Crippen LogP contribution < -0.4 is 4.74 Å². The van der Waals surface area contributed by atoms with Gasteiger partial charge >= 0.3 is 0 Å². The molecule has 0 radical (unpaired) electrons. The van der Waals surface area contributed by atoms with Crippen LogP contribution in [0.4, 0.5) is 0 Å². The SMILES string of the molecule is COc1cccc2nc(Cc3ccccc3O)nn12. The molecule has 3 aromatic rings. The smallest absolute Gasteiger partial charge is 0.216 e. The topological polar surface area (TPSA) is 59.7 Å². The van der Waals surface area contributed by atoms with Gasteiger partial charge in [-0.15, -0.1) is 5.10 Å². The van der Waals surface area contributed by atoms with Crippen LogP contribution in [-0.2, 0) is 6.42 Å². The molecule has 1 N–H and O–H groups in total. The summed E-state index contributed by atoms with van der Waals surface area (Å²) in [6, 6.07) is 12.7. The zero-order valence-corrected chi connectivity index (χ0v) is 10.4. The van der Waals surface area contributed by atoms with E-state index in [0.29, 0.717) is 18.1 Å². The summed E-state index contributed by atoms with van der Waals surface area (Å²) >= 11 is 0. The second-order valence-electron chi connectivity index (χ2n) is 4.17.